The van der Waals surface area contributed by atoms with Crippen LogP contribution in [0.15, 0.2) is 41.5 Å². The van der Waals surface area contributed by atoms with Crippen LogP contribution in [0.25, 0.3) is 0 Å². The summed E-state index contributed by atoms with van der Waals surface area (Å²) >= 11 is 0. The average molecular weight is 205 g/mol. The van der Waals surface area contributed by atoms with Crippen molar-refractivity contribution in [2.75, 3.05) is 5.43 Å². The van der Waals surface area contributed by atoms with Crippen LogP contribution >= 0.6 is 0 Å². The second kappa shape index (κ2) is 4.90. The van der Waals surface area contributed by atoms with Gasteiger partial charge in [-0.3, -0.25) is 15.5 Å². The Balaban J connectivity index is 2.65. The van der Waals surface area contributed by atoms with Crippen LogP contribution in [0.3, 0.4) is 0 Å². The molecule has 0 aliphatic heterocycles. The third-order valence-electron chi connectivity index (χ3n) is 1.56. The summed E-state index contributed by atoms with van der Waals surface area (Å²) in [6.45, 7) is 5.47. The van der Waals surface area contributed by atoms with Gasteiger partial charge in [-0.2, -0.15) is 5.10 Å². The van der Waals surface area contributed by atoms with Crippen LogP contribution in [0.5, 0.6) is 0 Å². The van der Waals surface area contributed by atoms with Crippen LogP contribution < -0.4 is 5.43 Å². The molecule has 0 fully saturated rings. The number of hydrogen-bond donors (Lipinski definition) is 1. The monoisotopic (exact) mass is 205 g/mol. The molecule has 0 spiro atoms. The molecule has 0 amide bonds. The van der Waals surface area contributed by atoms with Crippen molar-refractivity contribution in [1.29, 1.82) is 0 Å². The van der Waals surface area contributed by atoms with E-state index >= 15 is 0 Å². The predicted octanol–water partition coefficient (Wildman–Crippen LogP) is 2.57. The fourth-order valence-electron chi connectivity index (χ4n) is 0.875. The van der Waals surface area contributed by atoms with Crippen molar-refractivity contribution in [2.45, 2.75) is 6.92 Å². The zero-order chi connectivity index (χ0) is 11.3. The van der Waals surface area contributed by atoms with E-state index in [1.54, 1.807) is 18.3 Å². The molecule has 0 aromatic heterocycles. The van der Waals surface area contributed by atoms with Crippen molar-refractivity contribution in [3.8, 4) is 0 Å². The van der Waals surface area contributed by atoms with Crippen molar-refractivity contribution in [1.82, 2.24) is 0 Å². The normalized spacial score (nSPS) is 10.2. The van der Waals surface area contributed by atoms with Gasteiger partial charge in [0.15, 0.2) is 0 Å². The maximum absolute atomic E-state index is 10.4. The lowest BCUT2D eigenvalue weighted by molar-refractivity contribution is -0.384. The highest BCUT2D eigenvalue weighted by Crippen LogP contribution is 2.14. The molecule has 5 nitrogen and oxygen atoms in total. The van der Waals surface area contributed by atoms with Gasteiger partial charge in [-0.1, -0.05) is 6.58 Å². The van der Waals surface area contributed by atoms with Gasteiger partial charge in [0.25, 0.3) is 5.69 Å². The van der Waals surface area contributed by atoms with Gasteiger partial charge in [-0.05, 0) is 24.6 Å². The Morgan fingerprint density at radius 1 is 1.53 bits per heavy atom. The smallest absolute Gasteiger partial charge is 0.269 e. The predicted molar refractivity (Wildman–Crippen MR) is 60.0 cm³/mol. The number of hydrogen-bond acceptors (Lipinski definition) is 4. The van der Waals surface area contributed by atoms with E-state index in [4.69, 9.17) is 0 Å². The van der Waals surface area contributed by atoms with E-state index in [1.807, 2.05) is 6.92 Å². The number of benzene rings is 1. The molecule has 5 heteroatoms. The minimum absolute atomic E-state index is 0.0597. The molecule has 0 saturated carbocycles. The molecule has 1 aromatic carbocycles. The van der Waals surface area contributed by atoms with Crippen LogP contribution in [-0.2, 0) is 0 Å². The highest BCUT2D eigenvalue weighted by atomic mass is 16.6. The number of nitrogens with zero attached hydrogens (tertiary/aromatic N) is 2. The minimum Gasteiger partial charge on any atom is -0.279 e. The molecule has 0 aliphatic rings. The van der Waals surface area contributed by atoms with Crippen molar-refractivity contribution in [3.63, 3.8) is 0 Å². The van der Waals surface area contributed by atoms with Gasteiger partial charge in [-0.25, -0.2) is 0 Å². The maximum atomic E-state index is 10.4. The number of nitro benzene ring substituents is 1. The molecule has 78 valence electrons. The van der Waals surface area contributed by atoms with E-state index in [0.717, 1.165) is 5.57 Å². The average Bonchev–Trinajstić information content (AvgIpc) is 2.18. The molecule has 1 N–H and O–H groups in total. The number of anilines is 1. The van der Waals surface area contributed by atoms with E-state index in [0.29, 0.717) is 5.69 Å². The first kappa shape index (κ1) is 10.9. The lowest BCUT2D eigenvalue weighted by Gasteiger charge is -1.98. The summed E-state index contributed by atoms with van der Waals surface area (Å²) in [6, 6.07) is 6.01. The van der Waals surface area contributed by atoms with Gasteiger partial charge in [0.05, 0.1) is 10.6 Å². The highest BCUT2D eigenvalue weighted by Gasteiger charge is 2.02. The van der Waals surface area contributed by atoms with Crippen LogP contribution in [0.1, 0.15) is 6.92 Å². The van der Waals surface area contributed by atoms with Crippen molar-refractivity contribution in [2.24, 2.45) is 5.10 Å². The molecule has 0 radical (unpaired) electrons. The maximum Gasteiger partial charge on any atom is 0.269 e. The van der Waals surface area contributed by atoms with Crippen LogP contribution in [0.4, 0.5) is 11.4 Å². The zero-order valence-electron chi connectivity index (χ0n) is 8.30. The molecule has 0 saturated heterocycles. The molecule has 1 aromatic rings. The molecular weight excluding hydrogens is 194 g/mol. The Hall–Kier alpha value is -2.17. The first-order valence-electron chi connectivity index (χ1n) is 4.28. The number of nitro groups is 1. The van der Waals surface area contributed by atoms with Crippen LogP contribution in [-0.4, -0.2) is 11.1 Å². The van der Waals surface area contributed by atoms with Crippen molar-refractivity contribution in [3.05, 3.63) is 46.5 Å². The number of rotatable bonds is 4. The summed E-state index contributed by atoms with van der Waals surface area (Å²) < 4.78 is 0. The number of nitrogens with one attached hydrogen (secondary N) is 1. The summed E-state index contributed by atoms with van der Waals surface area (Å²) in [7, 11) is 0. The summed E-state index contributed by atoms with van der Waals surface area (Å²) in [4.78, 5) is 9.92. The lowest BCUT2D eigenvalue weighted by Crippen LogP contribution is -1.91. The first-order chi connectivity index (χ1) is 7.09. The Morgan fingerprint density at radius 2 is 2.13 bits per heavy atom. The van der Waals surface area contributed by atoms with Crippen LogP contribution in [0, 0.1) is 10.1 Å². The van der Waals surface area contributed by atoms with E-state index in [2.05, 4.69) is 17.1 Å². The van der Waals surface area contributed by atoms with Crippen molar-refractivity contribution < 1.29 is 4.92 Å². The molecule has 0 aliphatic carbocycles. The molecular formula is C10H11N3O2. The lowest BCUT2D eigenvalue weighted by atomic mass is 10.3. The fraction of sp³-hybridized carbons (Fsp3) is 0.100. The van der Waals surface area contributed by atoms with Crippen molar-refractivity contribution >= 4 is 17.6 Å². The zero-order valence-corrected chi connectivity index (χ0v) is 8.30. The summed E-state index contributed by atoms with van der Waals surface area (Å²) in [5.74, 6) is 0. The van der Waals surface area contributed by atoms with Crippen LogP contribution in [0.2, 0.25) is 0 Å². The standard InChI is InChI=1S/C10H11N3O2/c1-8(2)7-11-12-9-3-5-10(6-4-9)13(14)15/h3-7,12H,1H2,2H3/b11-7+. The van der Waals surface area contributed by atoms with Gasteiger partial charge in [-0.15, -0.1) is 0 Å². The second-order valence-corrected chi connectivity index (χ2v) is 3.02. The Labute approximate surface area is 87.3 Å². The third kappa shape index (κ3) is 3.60. The molecule has 0 bridgehead atoms. The van der Waals surface area contributed by atoms with Gasteiger partial charge in [0, 0.05) is 18.3 Å². The second-order valence-electron chi connectivity index (χ2n) is 3.02. The largest absolute Gasteiger partial charge is 0.279 e. The molecule has 0 unspecified atom stereocenters. The van der Waals surface area contributed by atoms with Gasteiger partial charge >= 0.3 is 0 Å². The molecule has 15 heavy (non-hydrogen) atoms. The number of non-ortho nitro benzene ring substituents is 1. The first-order valence-corrected chi connectivity index (χ1v) is 4.28. The van der Waals surface area contributed by atoms with E-state index in [1.165, 1.54) is 12.1 Å². The molecule has 1 rings (SSSR count). The Morgan fingerprint density at radius 3 is 2.60 bits per heavy atom. The summed E-state index contributed by atoms with van der Waals surface area (Å²) in [5.41, 5.74) is 4.30. The molecule has 0 atom stereocenters. The Kier molecular flexibility index (Phi) is 3.56. The Bertz CT molecular complexity index is 396. The van der Waals surface area contributed by atoms with E-state index in [-0.39, 0.29) is 5.69 Å². The SMILES string of the molecule is C=C(C)/C=N/Nc1ccc([N+](=O)[O-])cc1. The van der Waals surface area contributed by atoms with E-state index in [9.17, 15) is 10.1 Å². The quantitative estimate of drug-likeness (QED) is 0.466. The highest BCUT2D eigenvalue weighted by molar-refractivity contribution is 5.77. The van der Waals surface area contributed by atoms with E-state index < -0.39 is 4.92 Å². The summed E-state index contributed by atoms with van der Waals surface area (Å²) in [5, 5.41) is 14.2. The number of allylic oxidation sites excluding steroid dienone is 1. The fourth-order valence-corrected chi connectivity index (χ4v) is 0.875. The minimum atomic E-state index is -0.444. The summed E-state index contributed by atoms with van der Waals surface area (Å²) in [6.07, 6.45) is 1.57. The number of hydrazone groups is 1. The topological polar surface area (TPSA) is 67.5 Å². The van der Waals surface area contributed by atoms with Gasteiger partial charge < -0.3 is 0 Å². The third-order valence-corrected chi connectivity index (χ3v) is 1.56. The van der Waals surface area contributed by atoms with Gasteiger partial charge in [0.1, 0.15) is 0 Å². The van der Waals surface area contributed by atoms with Gasteiger partial charge in [0.2, 0.25) is 0 Å². The molecule has 0 heterocycles.